The Balaban J connectivity index is 2.15. The molecular weight excluding hydrogens is 348 g/mol. The maximum absolute atomic E-state index is 12.0. The molecule has 0 heterocycles. The highest BCUT2D eigenvalue weighted by molar-refractivity contribution is 9.10. The topological polar surface area (TPSA) is 52.6 Å². The van der Waals surface area contributed by atoms with Crippen molar-refractivity contribution in [2.24, 2.45) is 0 Å². The molecule has 4 nitrogen and oxygen atoms in total. The van der Waals surface area contributed by atoms with Gasteiger partial charge in [0.1, 0.15) is 12.4 Å². The molecule has 0 N–H and O–H groups in total. The summed E-state index contributed by atoms with van der Waals surface area (Å²) >= 11 is 3.31. The van der Waals surface area contributed by atoms with Crippen LogP contribution in [0.25, 0.3) is 0 Å². The van der Waals surface area contributed by atoms with Gasteiger partial charge in [0.15, 0.2) is 5.78 Å². The van der Waals surface area contributed by atoms with Crippen LogP contribution in [0.1, 0.15) is 33.2 Å². The van der Waals surface area contributed by atoms with Gasteiger partial charge in [-0.2, -0.15) is 0 Å². The second-order valence-electron chi connectivity index (χ2n) is 4.67. The molecule has 0 fully saturated rings. The van der Waals surface area contributed by atoms with Gasteiger partial charge in [-0.15, -0.1) is 0 Å². The van der Waals surface area contributed by atoms with Crippen LogP contribution in [0.3, 0.4) is 0 Å². The van der Waals surface area contributed by atoms with Crippen molar-refractivity contribution in [2.45, 2.75) is 13.5 Å². The van der Waals surface area contributed by atoms with E-state index in [-0.39, 0.29) is 12.4 Å². The maximum atomic E-state index is 12.0. The van der Waals surface area contributed by atoms with Crippen molar-refractivity contribution in [3.05, 3.63) is 63.6 Å². The summed E-state index contributed by atoms with van der Waals surface area (Å²) in [6, 6.07) is 12.0. The SMILES string of the molecule is COc1ccc(C(C)=O)cc1COC(=O)c1cccc(Br)c1. The summed E-state index contributed by atoms with van der Waals surface area (Å²) < 4.78 is 11.3. The van der Waals surface area contributed by atoms with Gasteiger partial charge in [0.25, 0.3) is 0 Å². The van der Waals surface area contributed by atoms with Gasteiger partial charge in [-0.05, 0) is 43.3 Å². The first kappa shape index (κ1) is 16.2. The highest BCUT2D eigenvalue weighted by Crippen LogP contribution is 2.22. The minimum absolute atomic E-state index is 0.0373. The molecule has 0 spiro atoms. The smallest absolute Gasteiger partial charge is 0.338 e. The molecule has 0 saturated heterocycles. The van der Waals surface area contributed by atoms with Crippen LogP contribution in [-0.4, -0.2) is 18.9 Å². The monoisotopic (exact) mass is 362 g/mol. The van der Waals surface area contributed by atoms with Crippen molar-refractivity contribution in [1.82, 2.24) is 0 Å². The number of hydrogen-bond donors (Lipinski definition) is 0. The number of rotatable bonds is 5. The molecular formula is C17H15BrO4. The van der Waals surface area contributed by atoms with E-state index >= 15 is 0 Å². The molecule has 0 unspecified atom stereocenters. The van der Waals surface area contributed by atoms with Gasteiger partial charge in [-0.25, -0.2) is 4.79 Å². The second-order valence-corrected chi connectivity index (χ2v) is 5.58. The van der Waals surface area contributed by atoms with Crippen molar-refractivity contribution in [2.75, 3.05) is 7.11 Å². The average molecular weight is 363 g/mol. The van der Waals surface area contributed by atoms with E-state index in [0.717, 1.165) is 4.47 Å². The normalized spacial score (nSPS) is 10.1. The molecule has 0 aliphatic heterocycles. The van der Waals surface area contributed by atoms with Gasteiger partial charge in [-0.1, -0.05) is 22.0 Å². The highest BCUT2D eigenvalue weighted by Gasteiger charge is 2.12. The van der Waals surface area contributed by atoms with Gasteiger partial charge in [0.2, 0.25) is 0 Å². The number of carbonyl (C=O) groups excluding carboxylic acids is 2. The second kappa shape index (κ2) is 7.22. The fourth-order valence-electron chi connectivity index (χ4n) is 1.95. The van der Waals surface area contributed by atoms with Crippen molar-refractivity contribution in [1.29, 1.82) is 0 Å². The molecule has 0 saturated carbocycles. The fraction of sp³-hybridized carbons (Fsp3) is 0.176. The molecule has 22 heavy (non-hydrogen) atoms. The summed E-state index contributed by atoms with van der Waals surface area (Å²) in [5.41, 5.74) is 1.66. The number of ketones is 1. The van der Waals surface area contributed by atoms with Crippen molar-refractivity contribution < 1.29 is 19.1 Å². The third-order valence-corrected chi connectivity index (χ3v) is 3.60. The number of esters is 1. The van der Waals surface area contributed by atoms with E-state index in [4.69, 9.17) is 9.47 Å². The van der Waals surface area contributed by atoms with Crippen LogP contribution in [0.5, 0.6) is 5.75 Å². The minimum Gasteiger partial charge on any atom is -0.496 e. The Morgan fingerprint density at radius 1 is 1.09 bits per heavy atom. The quantitative estimate of drug-likeness (QED) is 0.595. The molecule has 2 rings (SSSR count). The third kappa shape index (κ3) is 3.95. The van der Waals surface area contributed by atoms with Crippen molar-refractivity contribution in [3.8, 4) is 5.75 Å². The lowest BCUT2D eigenvalue weighted by Crippen LogP contribution is -2.07. The van der Waals surface area contributed by atoms with E-state index in [9.17, 15) is 9.59 Å². The van der Waals surface area contributed by atoms with Crippen LogP contribution >= 0.6 is 15.9 Å². The molecule has 0 radical (unpaired) electrons. The van der Waals surface area contributed by atoms with E-state index in [2.05, 4.69) is 15.9 Å². The molecule has 0 atom stereocenters. The number of carbonyl (C=O) groups is 2. The summed E-state index contributed by atoms with van der Waals surface area (Å²) in [5.74, 6) is 0.0887. The average Bonchev–Trinajstić information content (AvgIpc) is 2.52. The van der Waals surface area contributed by atoms with Crippen LogP contribution < -0.4 is 4.74 Å². The Bertz CT molecular complexity index is 710. The van der Waals surface area contributed by atoms with E-state index in [0.29, 0.717) is 22.4 Å². The number of benzene rings is 2. The lowest BCUT2D eigenvalue weighted by Gasteiger charge is -2.11. The molecule has 0 aliphatic rings. The Morgan fingerprint density at radius 3 is 2.50 bits per heavy atom. The van der Waals surface area contributed by atoms with Gasteiger partial charge in [0.05, 0.1) is 12.7 Å². The van der Waals surface area contributed by atoms with Gasteiger partial charge < -0.3 is 9.47 Å². The van der Waals surface area contributed by atoms with E-state index in [1.165, 1.54) is 14.0 Å². The number of methoxy groups -OCH3 is 1. The van der Waals surface area contributed by atoms with E-state index in [1.807, 2.05) is 6.07 Å². The molecule has 5 heteroatoms. The van der Waals surface area contributed by atoms with E-state index in [1.54, 1.807) is 36.4 Å². The summed E-state index contributed by atoms with van der Waals surface area (Å²) in [6.45, 7) is 1.52. The molecule has 0 aromatic heterocycles. The molecule has 0 bridgehead atoms. The molecule has 0 amide bonds. The molecule has 2 aromatic rings. The largest absolute Gasteiger partial charge is 0.496 e. The number of ether oxygens (including phenoxy) is 2. The minimum atomic E-state index is -0.434. The molecule has 0 aliphatic carbocycles. The van der Waals surface area contributed by atoms with Gasteiger partial charge in [-0.3, -0.25) is 4.79 Å². The van der Waals surface area contributed by atoms with E-state index < -0.39 is 5.97 Å². The standard InChI is InChI=1S/C17H15BrO4/c1-11(19)12-6-7-16(21-2)14(8-12)10-22-17(20)13-4-3-5-15(18)9-13/h3-9H,10H2,1-2H3. The zero-order valence-electron chi connectivity index (χ0n) is 12.3. The third-order valence-electron chi connectivity index (χ3n) is 3.11. The van der Waals surface area contributed by atoms with Crippen LogP contribution in [0, 0.1) is 0 Å². The van der Waals surface area contributed by atoms with Crippen molar-refractivity contribution in [3.63, 3.8) is 0 Å². The maximum Gasteiger partial charge on any atom is 0.338 e. The predicted molar refractivity (Wildman–Crippen MR) is 86.3 cm³/mol. The first-order chi connectivity index (χ1) is 10.5. The Morgan fingerprint density at radius 2 is 1.86 bits per heavy atom. The number of hydrogen-bond acceptors (Lipinski definition) is 4. The number of Topliss-reactive ketones (excluding diaryl/α,β-unsaturated/α-hetero) is 1. The van der Waals surface area contributed by atoms with Gasteiger partial charge in [0, 0.05) is 15.6 Å². The first-order valence-corrected chi connectivity index (χ1v) is 7.41. The molecule has 114 valence electrons. The Kier molecular flexibility index (Phi) is 5.33. The van der Waals surface area contributed by atoms with Crippen LogP contribution in [0.15, 0.2) is 46.9 Å². The van der Waals surface area contributed by atoms with Crippen LogP contribution in [0.4, 0.5) is 0 Å². The summed E-state index contributed by atoms with van der Waals surface area (Å²) in [5, 5.41) is 0. The summed E-state index contributed by atoms with van der Waals surface area (Å²) in [4.78, 5) is 23.5. The van der Waals surface area contributed by atoms with Crippen molar-refractivity contribution >= 4 is 27.7 Å². The van der Waals surface area contributed by atoms with Crippen LogP contribution in [-0.2, 0) is 11.3 Å². The first-order valence-electron chi connectivity index (χ1n) is 6.62. The Hall–Kier alpha value is -2.14. The zero-order valence-corrected chi connectivity index (χ0v) is 13.8. The highest BCUT2D eigenvalue weighted by atomic mass is 79.9. The lowest BCUT2D eigenvalue weighted by atomic mass is 10.1. The fourth-order valence-corrected chi connectivity index (χ4v) is 2.35. The predicted octanol–water partition coefficient (Wildman–Crippen LogP) is 4.02. The number of halogens is 1. The van der Waals surface area contributed by atoms with Gasteiger partial charge >= 0.3 is 5.97 Å². The summed E-state index contributed by atoms with van der Waals surface area (Å²) in [7, 11) is 1.53. The lowest BCUT2D eigenvalue weighted by molar-refractivity contribution is 0.0470. The summed E-state index contributed by atoms with van der Waals surface area (Å²) in [6.07, 6.45) is 0. The molecule has 2 aromatic carbocycles. The zero-order chi connectivity index (χ0) is 16.1. The van der Waals surface area contributed by atoms with Crippen LogP contribution in [0.2, 0.25) is 0 Å². The Labute approximate surface area is 137 Å².